The molecule has 4 N–H and O–H groups in total. The van der Waals surface area contributed by atoms with Crippen molar-refractivity contribution < 1.29 is 23.9 Å². The van der Waals surface area contributed by atoms with Gasteiger partial charge < -0.3 is 29.7 Å². The fourth-order valence-corrected chi connectivity index (χ4v) is 10.5. The van der Waals surface area contributed by atoms with E-state index in [1.165, 1.54) is 63.2 Å². The lowest BCUT2D eigenvalue weighted by molar-refractivity contribution is -0.142. The maximum Gasteiger partial charge on any atom is 0.342 e. The van der Waals surface area contributed by atoms with Gasteiger partial charge in [0.2, 0.25) is 5.78 Å². The molecule has 1 saturated heterocycles. The number of carbonyl (C=O) groups is 3. The second-order valence-corrected chi connectivity index (χ2v) is 19.7. The number of aromatic amines is 3. The number of rotatable bonds is 20. The highest BCUT2D eigenvalue weighted by atomic mass is 16.5. The summed E-state index contributed by atoms with van der Waals surface area (Å²) < 4.78 is 11.1. The highest BCUT2D eigenvalue weighted by molar-refractivity contribution is 6.34. The van der Waals surface area contributed by atoms with Gasteiger partial charge in [-0.15, -0.1) is 0 Å². The number of methoxy groups -OCH3 is 1. The van der Waals surface area contributed by atoms with Crippen molar-refractivity contribution in [2.24, 2.45) is 29.6 Å². The van der Waals surface area contributed by atoms with Crippen molar-refractivity contribution in [2.45, 2.75) is 152 Å². The molecule has 0 amide bonds. The first kappa shape index (κ1) is 48.4. The summed E-state index contributed by atoms with van der Waals surface area (Å²) >= 11 is 0. The lowest BCUT2D eigenvalue weighted by atomic mass is 9.82. The van der Waals surface area contributed by atoms with Gasteiger partial charge in [-0.2, -0.15) is 0 Å². The number of esters is 2. The number of aromatic nitrogens is 3. The number of H-pyrrole nitrogens is 3. The summed E-state index contributed by atoms with van der Waals surface area (Å²) in [6.45, 7) is 26.4. The molecule has 1 fully saturated rings. The van der Waals surface area contributed by atoms with Crippen LogP contribution in [0, 0.1) is 50.4 Å². The van der Waals surface area contributed by atoms with E-state index in [0.29, 0.717) is 23.3 Å². The van der Waals surface area contributed by atoms with Crippen LogP contribution >= 0.6 is 0 Å². The second kappa shape index (κ2) is 21.3. The quantitative estimate of drug-likeness (QED) is 0.0508. The number of hydrogen-bond acceptors (Lipinski definition) is 6. The van der Waals surface area contributed by atoms with Crippen molar-refractivity contribution in [3.8, 4) is 0 Å². The maximum atomic E-state index is 14.4. The average Bonchev–Trinajstić information content (AvgIpc) is 3.99. The zero-order chi connectivity index (χ0) is 46.4. The van der Waals surface area contributed by atoms with E-state index < -0.39 is 12.0 Å². The Labute approximate surface area is 382 Å². The van der Waals surface area contributed by atoms with Gasteiger partial charge in [-0.25, -0.2) is 4.79 Å². The summed E-state index contributed by atoms with van der Waals surface area (Å²) in [7, 11) is 1.31. The Morgan fingerprint density at radius 3 is 2.14 bits per heavy atom. The molecule has 5 atom stereocenters. The molecular weight excluding hydrogens is 797 g/mol. The first-order valence-electron chi connectivity index (χ1n) is 24.2. The number of Topliss-reactive ketones (excluding diaryl/α,β-unsaturated/α-hetero) is 1. The Morgan fingerprint density at radius 1 is 0.828 bits per heavy atom. The second-order valence-electron chi connectivity index (χ2n) is 19.7. The van der Waals surface area contributed by atoms with Gasteiger partial charge in [0.25, 0.3) is 0 Å². The molecule has 5 heterocycles. The molecule has 8 bridgehead atoms. The number of ether oxygens (including phenoxy) is 2. The van der Waals surface area contributed by atoms with Crippen LogP contribution in [-0.4, -0.2) is 52.4 Å². The van der Waals surface area contributed by atoms with E-state index in [9.17, 15) is 14.4 Å². The number of carbonyl (C=O) groups excluding carboxylic acids is 3. The van der Waals surface area contributed by atoms with Gasteiger partial charge in [0.05, 0.1) is 24.4 Å². The van der Waals surface area contributed by atoms with Crippen LogP contribution in [0.1, 0.15) is 180 Å². The smallest absolute Gasteiger partial charge is 0.342 e. The minimum absolute atomic E-state index is 0.0318. The van der Waals surface area contributed by atoms with Crippen LogP contribution in [-0.2, 0) is 25.5 Å². The monoisotopic (exact) mass is 873 g/mol. The van der Waals surface area contributed by atoms with E-state index in [0.717, 1.165) is 92.7 Å². The first-order valence-corrected chi connectivity index (χ1v) is 24.2. The molecule has 6 rings (SSSR count). The van der Waals surface area contributed by atoms with Gasteiger partial charge in [-0.3, -0.25) is 9.59 Å². The van der Waals surface area contributed by atoms with E-state index in [4.69, 9.17) is 9.47 Å². The summed E-state index contributed by atoms with van der Waals surface area (Å²) in [5.74, 6) is 0.836. The fraction of sp³-hybridized carbons (Fsp3) is 0.545. The molecule has 64 heavy (non-hydrogen) atoms. The minimum Gasteiger partial charge on any atom is -0.465 e. The molecule has 9 nitrogen and oxygen atoms in total. The summed E-state index contributed by atoms with van der Waals surface area (Å²) in [4.78, 5) is 52.4. The van der Waals surface area contributed by atoms with Crippen molar-refractivity contribution >= 4 is 47.6 Å². The highest BCUT2D eigenvalue weighted by Crippen LogP contribution is 2.46. The molecule has 346 valence electrons. The lowest BCUT2D eigenvalue weighted by Gasteiger charge is -2.23. The number of nitrogens with one attached hydrogen (secondary N) is 4. The molecule has 3 aromatic heterocycles. The molecule has 0 saturated carbocycles. The van der Waals surface area contributed by atoms with Crippen molar-refractivity contribution in [1.29, 1.82) is 0 Å². The SMILES string of the molecule is C=Cc1c2[nH]c(c1C)/C=C1\NC(C3=C(C(=O)OC)C(=O)c4c3[nH]c(c4C)/C=c3\[nH]/c(c(C)c3CC)=C\2)C(CCC(=O)OC/C=C(\C)CCCC(C)CCCC(C)CCCC(C)C)C1C. The van der Waals surface area contributed by atoms with Gasteiger partial charge >= 0.3 is 11.9 Å². The summed E-state index contributed by atoms with van der Waals surface area (Å²) in [5, 5.41) is 5.72. The van der Waals surface area contributed by atoms with Gasteiger partial charge in [0.15, 0.2) is 0 Å². The van der Waals surface area contributed by atoms with Crippen LogP contribution < -0.4 is 16.0 Å². The Bertz CT molecular complexity index is 2450. The Kier molecular flexibility index (Phi) is 16.1. The molecule has 3 aliphatic rings. The van der Waals surface area contributed by atoms with Gasteiger partial charge in [0.1, 0.15) is 12.2 Å². The van der Waals surface area contributed by atoms with Crippen LogP contribution in [0.3, 0.4) is 0 Å². The Balaban J connectivity index is 1.20. The van der Waals surface area contributed by atoms with E-state index in [2.05, 4.69) is 107 Å². The molecule has 0 radical (unpaired) electrons. The summed E-state index contributed by atoms with van der Waals surface area (Å²) in [6.07, 6.45) is 23.1. The Hall–Kier alpha value is -5.05. The topological polar surface area (TPSA) is 129 Å². The third kappa shape index (κ3) is 10.6. The molecule has 5 unspecified atom stereocenters. The van der Waals surface area contributed by atoms with Crippen LogP contribution in [0.5, 0.6) is 0 Å². The Morgan fingerprint density at radius 2 is 1.48 bits per heavy atom. The minimum atomic E-state index is -0.669. The highest BCUT2D eigenvalue weighted by Gasteiger charge is 2.47. The average molecular weight is 873 g/mol. The first-order chi connectivity index (χ1) is 30.6. The number of ketones is 1. The third-order valence-corrected chi connectivity index (χ3v) is 14.6. The largest absolute Gasteiger partial charge is 0.465 e. The van der Waals surface area contributed by atoms with Crippen molar-refractivity contribution in [3.63, 3.8) is 0 Å². The molecule has 0 spiro atoms. The normalized spacial score (nSPS) is 20.9. The van der Waals surface area contributed by atoms with Crippen LogP contribution in [0.25, 0.3) is 29.9 Å². The lowest BCUT2D eigenvalue weighted by Crippen LogP contribution is -2.31. The van der Waals surface area contributed by atoms with Crippen molar-refractivity contribution in [3.05, 3.63) is 96.4 Å². The van der Waals surface area contributed by atoms with E-state index in [1.807, 2.05) is 19.1 Å². The van der Waals surface area contributed by atoms with Crippen molar-refractivity contribution in [2.75, 3.05) is 13.7 Å². The standard InChI is InChI=1S/C55H76N4O5/c1-13-39-35(8)42-28-44-37(10)41(24-25-48(60)64-27-26-34(7)23-17-22-33(6)21-16-20-32(5)19-15-18-31(3)4)52(58-44)50-51(55(62)63-12)54(61)49-38(11)45(59-53(49)50)30-47-40(14-2)36(9)43(57-47)29-46(39)56-42/h13,26,28-33,37,41,52,56-59H,1,14-25,27H2,2-12H3/b34-26+,43-29-,44-28-,47-30-. The zero-order valence-corrected chi connectivity index (χ0v) is 40.8. The summed E-state index contributed by atoms with van der Waals surface area (Å²) in [5.41, 5.74) is 11.8. The van der Waals surface area contributed by atoms with Crippen LogP contribution in [0.4, 0.5) is 0 Å². The van der Waals surface area contributed by atoms with E-state index >= 15 is 0 Å². The third-order valence-electron chi connectivity index (χ3n) is 14.6. The van der Waals surface area contributed by atoms with Crippen molar-refractivity contribution in [1.82, 2.24) is 20.3 Å². The van der Waals surface area contributed by atoms with E-state index in [1.54, 1.807) is 0 Å². The van der Waals surface area contributed by atoms with E-state index in [-0.39, 0.29) is 42.2 Å². The summed E-state index contributed by atoms with van der Waals surface area (Å²) in [6, 6.07) is -0.472. The van der Waals surface area contributed by atoms with Crippen LogP contribution in [0.15, 0.2) is 29.5 Å². The molecule has 3 aromatic rings. The maximum absolute atomic E-state index is 14.4. The fourth-order valence-electron chi connectivity index (χ4n) is 10.5. The van der Waals surface area contributed by atoms with Crippen LogP contribution in [0.2, 0.25) is 0 Å². The number of fused-ring (bicyclic) bond motifs is 8. The van der Waals surface area contributed by atoms with Gasteiger partial charge in [-0.05, 0) is 124 Å². The molecule has 9 heteroatoms. The predicted octanol–water partition coefficient (Wildman–Crippen LogP) is 10.9. The number of hydrogen-bond donors (Lipinski definition) is 4. The van der Waals surface area contributed by atoms with Gasteiger partial charge in [0, 0.05) is 57.0 Å². The molecular formula is C55H76N4O5. The molecule has 0 aromatic carbocycles. The van der Waals surface area contributed by atoms with Gasteiger partial charge in [-0.1, -0.05) is 105 Å². The zero-order valence-electron chi connectivity index (χ0n) is 40.8. The molecule has 2 aliphatic heterocycles. The molecule has 1 aliphatic carbocycles. The number of allylic oxidation sites excluding steroid dienone is 2. The predicted molar refractivity (Wildman–Crippen MR) is 262 cm³/mol.